The molecule has 0 aliphatic heterocycles. The predicted octanol–water partition coefficient (Wildman–Crippen LogP) is 4.58. The van der Waals surface area contributed by atoms with Gasteiger partial charge in [0.05, 0.1) is 17.8 Å². The Labute approximate surface area is 192 Å². The van der Waals surface area contributed by atoms with Crippen molar-refractivity contribution in [3.05, 3.63) is 77.8 Å². The van der Waals surface area contributed by atoms with E-state index in [0.717, 1.165) is 0 Å². The van der Waals surface area contributed by atoms with E-state index in [1.165, 1.54) is 29.6 Å². The molecule has 0 radical (unpaired) electrons. The van der Waals surface area contributed by atoms with E-state index in [1.807, 2.05) is 0 Å². The van der Waals surface area contributed by atoms with Gasteiger partial charge in [0.2, 0.25) is 0 Å². The van der Waals surface area contributed by atoms with E-state index in [4.69, 9.17) is 21.1 Å². The second kappa shape index (κ2) is 10.4. The number of nitrogens with zero attached hydrogens (tertiary/aromatic N) is 1. The smallest absolute Gasteiger partial charge is 0.265 e. The molecule has 0 heterocycles. The van der Waals surface area contributed by atoms with Gasteiger partial charge in [-0.2, -0.15) is 0 Å². The molecule has 1 N–H and O–H groups in total. The second-order valence-electron chi connectivity index (χ2n) is 6.64. The van der Waals surface area contributed by atoms with E-state index in [9.17, 15) is 13.2 Å². The van der Waals surface area contributed by atoms with Gasteiger partial charge in [-0.25, -0.2) is 8.42 Å². The summed E-state index contributed by atoms with van der Waals surface area (Å²) in [5, 5.41) is 2.70. The first-order chi connectivity index (χ1) is 15.4. The first-order valence-corrected chi connectivity index (χ1v) is 11.6. The van der Waals surface area contributed by atoms with Crippen LogP contribution >= 0.6 is 11.6 Å². The number of amides is 1. The molecule has 7 nitrogen and oxygen atoms in total. The number of benzene rings is 3. The van der Waals surface area contributed by atoms with Gasteiger partial charge in [0, 0.05) is 12.2 Å². The fourth-order valence-electron chi connectivity index (χ4n) is 3.06. The number of carbonyl (C=O) groups is 1. The van der Waals surface area contributed by atoms with Crippen LogP contribution in [0.3, 0.4) is 0 Å². The molecule has 0 aliphatic carbocycles. The second-order valence-corrected chi connectivity index (χ2v) is 8.88. The van der Waals surface area contributed by atoms with Crippen LogP contribution in [0.4, 0.5) is 11.4 Å². The first kappa shape index (κ1) is 23.4. The van der Waals surface area contributed by atoms with Gasteiger partial charge in [0.1, 0.15) is 4.90 Å². The molecular weight excluding hydrogens is 452 g/mol. The summed E-state index contributed by atoms with van der Waals surface area (Å²) in [4.78, 5) is 12.3. The van der Waals surface area contributed by atoms with Crippen molar-refractivity contribution >= 4 is 38.9 Å². The molecule has 0 atom stereocenters. The minimum Gasteiger partial charge on any atom is -0.493 e. The summed E-state index contributed by atoms with van der Waals surface area (Å²) in [5.41, 5.74) is 0.802. The molecule has 32 heavy (non-hydrogen) atoms. The minimum absolute atomic E-state index is 0.0580. The Kier molecular flexibility index (Phi) is 7.61. The topological polar surface area (TPSA) is 84.9 Å². The number of hydrogen-bond donors (Lipinski definition) is 1. The fourth-order valence-corrected chi connectivity index (χ4v) is 5.04. The first-order valence-electron chi connectivity index (χ1n) is 9.79. The van der Waals surface area contributed by atoms with Crippen molar-refractivity contribution in [1.29, 1.82) is 0 Å². The lowest BCUT2D eigenvalue weighted by Gasteiger charge is -2.23. The van der Waals surface area contributed by atoms with Crippen LogP contribution in [0.2, 0.25) is 5.02 Å². The van der Waals surface area contributed by atoms with Crippen LogP contribution in [0.15, 0.2) is 77.7 Å². The third kappa shape index (κ3) is 5.33. The van der Waals surface area contributed by atoms with Gasteiger partial charge >= 0.3 is 0 Å². The quantitative estimate of drug-likeness (QED) is 0.490. The summed E-state index contributed by atoms with van der Waals surface area (Å²) in [6, 6.07) is 20.0. The number of para-hydroxylation sites is 3. The van der Waals surface area contributed by atoms with Gasteiger partial charge in [0.15, 0.2) is 18.1 Å². The third-order valence-corrected chi connectivity index (χ3v) is 6.93. The molecule has 168 valence electrons. The summed E-state index contributed by atoms with van der Waals surface area (Å²) < 4.78 is 38.5. The van der Waals surface area contributed by atoms with Crippen molar-refractivity contribution in [2.75, 3.05) is 29.9 Å². The zero-order valence-corrected chi connectivity index (χ0v) is 19.2. The molecule has 3 aromatic carbocycles. The molecule has 0 aromatic heterocycles. The summed E-state index contributed by atoms with van der Waals surface area (Å²) in [6.07, 6.45) is 0. The SMILES string of the molecule is CCN(c1ccccc1)S(=O)(=O)c1cc(NC(=O)COc2ccccc2OC)ccc1Cl. The fraction of sp³-hybridized carbons (Fsp3) is 0.174. The molecule has 0 fully saturated rings. The number of nitrogens with one attached hydrogen (secondary N) is 1. The van der Waals surface area contributed by atoms with E-state index < -0.39 is 15.9 Å². The monoisotopic (exact) mass is 474 g/mol. The molecule has 0 saturated heterocycles. The number of rotatable bonds is 9. The molecule has 0 aliphatic rings. The van der Waals surface area contributed by atoms with Crippen LogP contribution in [0.1, 0.15) is 6.92 Å². The van der Waals surface area contributed by atoms with Crippen molar-refractivity contribution in [1.82, 2.24) is 0 Å². The van der Waals surface area contributed by atoms with Crippen molar-refractivity contribution < 1.29 is 22.7 Å². The Morgan fingerprint density at radius 1 is 1.00 bits per heavy atom. The van der Waals surface area contributed by atoms with Crippen molar-refractivity contribution in [2.45, 2.75) is 11.8 Å². The number of anilines is 2. The van der Waals surface area contributed by atoms with Crippen LogP contribution in [0.25, 0.3) is 0 Å². The zero-order chi connectivity index (χ0) is 23.1. The predicted molar refractivity (Wildman–Crippen MR) is 125 cm³/mol. The Hall–Kier alpha value is -3.23. The van der Waals surface area contributed by atoms with Crippen molar-refractivity contribution in [3.63, 3.8) is 0 Å². The normalized spacial score (nSPS) is 11.0. The molecule has 0 saturated carbocycles. The lowest BCUT2D eigenvalue weighted by molar-refractivity contribution is -0.118. The summed E-state index contributed by atoms with van der Waals surface area (Å²) in [7, 11) is -2.45. The van der Waals surface area contributed by atoms with E-state index in [-0.39, 0.29) is 28.8 Å². The van der Waals surface area contributed by atoms with Gasteiger partial charge in [-0.1, -0.05) is 41.9 Å². The van der Waals surface area contributed by atoms with E-state index in [0.29, 0.717) is 17.2 Å². The maximum Gasteiger partial charge on any atom is 0.265 e. The molecule has 1 amide bonds. The van der Waals surface area contributed by atoms with Gasteiger partial charge in [-0.3, -0.25) is 9.10 Å². The summed E-state index contributed by atoms with van der Waals surface area (Å²) >= 11 is 6.22. The van der Waals surface area contributed by atoms with Gasteiger partial charge < -0.3 is 14.8 Å². The minimum atomic E-state index is -3.96. The Balaban J connectivity index is 1.78. The summed E-state index contributed by atoms with van der Waals surface area (Å²) in [6.45, 7) is 1.67. The Morgan fingerprint density at radius 3 is 2.31 bits per heavy atom. The molecule has 0 unspecified atom stereocenters. The largest absolute Gasteiger partial charge is 0.493 e. The van der Waals surface area contributed by atoms with Crippen molar-refractivity contribution in [2.24, 2.45) is 0 Å². The van der Waals surface area contributed by atoms with Gasteiger partial charge in [0.25, 0.3) is 15.9 Å². The number of sulfonamides is 1. The lowest BCUT2D eigenvalue weighted by Crippen LogP contribution is -2.31. The molecule has 0 spiro atoms. The Morgan fingerprint density at radius 2 is 1.66 bits per heavy atom. The lowest BCUT2D eigenvalue weighted by atomic mass is 10.3. The highest BCUT2D eigenvalue weighted by atomic mass is 35.5. The number of methoxy groups -OCH3 is 1. The molecular formula is C23H23ClN2O5S. The number of halogens is 1. The highest BCUT2D eigenvalue weighted by Crippen LogP contribution is 2.31. The molecule has 3 aromatic rings. The van der Waals surface area contributed by atoms with E-state index in [1.54, 1.807) is 61.5 Å². The average molecular weight is 475 g/mol. The number of ether oxygens (including phenoxy) is 2. The van der Waals surface area contributed by atoms with E-state index in [2.05, 4.69) is 5.32 Å². The van der Waals surface area contributed by atoms with Crippen LogP contribution < -0.4 is 19.1 Å². The van der Waals surface area contributed by atoms with Gasteiger partial charge in [-0.05, 0) is 49.4 Å². The highest BCUT2D eigenvalue weighted by Gasteiger charge is 2.26. The Bertz CT molecular complexity index is 1190. The zero-order valence-electron chi connectivity index (χ0n) is 17.6. The molecule has 0 bridgehead atoms. The summed E-state index contributed by atoms with van der Waals surface area (Å²) in [5.74, 6) is 0.462. The van der Waals surface area contributed by atoms with Crippen LogP contribution in [-0.2, 0) is 14.8 Å². The van der Waals surface area contributed by atoms with E-state index >= 15 is 0 Å². The third-order valence-electron chi connectivity index (χ3n) is 4.54. The van der Waals surface area contributed by atoms with Gasteiger partial charge in [-0.15, -0.1) is 0 Å². The van der Waals surface area contributed by atoms with Crippen molar-refractivity contribution in [3.8, 4) is 11.5 Å². The molecule has 3 rings (SSSR count). The van der Waals surface area contributed by atoms with Crippen LogP contribution in [0, 0.1) is 0 Å². The maximum atomic E-state index is 13.3. The molecule has 9 heteroatoms. The maximum absolute atomic E-state index is 13.3. The van der Waals surface area contributed by atoms with Crippen LogP contribution in [-0.4, -0.2) is 34.6 Å². The standard InChI is InChI=1S/C23H23ClN2O5S/c1-3-26(18-9-5-4-6-10-18)32(28,29)22-15-17(13-14-19(22)24)25-23(27)16-31-21-12-8-7-11-20(21)30-2/h4-15H,3,16H2,1-2H3,(H,25,27). The average Bonchev–Trinajstić information content (AvgIpc) is 2.80. The van der Waals surface area contributed by atoms with Crippen LogP contribution in [0.5, 0.6) is 11.5 Å². The number of carbonyl (C=O) groups excluding carboxylic acids is 1. The number of hydrogen-bond acceptors (Lipinski definition) is 5. The highest BCUT2D eigenvalue weighted by molar-refractivity contribution is 7.93.